The molecule has 2 aromatic carbocycles. The van der Waals surface area contributed by atoms with Crippen molar-refractivity contribution in [2.24, 2.45) is 0 Å². The summed E-state index contributed by atoms with van der Waals surface area (Å²) in [5.74, 6) is 0.262. The molecule has 0 heterocycles. The van der Waals surface area contributed by atoms with Crippen molar-refractivity contribution in [3.63, 3.8) is 0 Å². The van der Waals surface area contributed by atoms with Crippen LogP contribution in [0.3, 0.4) is 0 Å². The number of hydrogen-bond donors (Lipinski definition) is 1. The highest BCUT2D eigenvalue weighted by Crippen LogP contribution is 2.26. The molecule has 0 aliphatic carbocycles. The van der Waals surface area contributed by atoms with Crippen molar-refractivity contribution in [3.05, 3.63) is 65.7 Å². The summed E-state index contributed by atoms with van der Waals surface area (Å²) < 4.78 is 26.7. The molecule has 0 amide bonds. The lowest BCUT2D eigenvalue weighted by Gasteiger charge is -2.19. The molecular weight excluding hydrogens is 288 g/mol. The molecule has 1 atom stereocenters. The second kappa shape index (κ2) is 8.15. The highest BCUT2D eigenvalue weighted by atomic mass is 32.2. The van der Waals surface area contributed by atoms with Gasteiger partial charge < -0.3 is 5.32 Å². The smallest absolute Gasteiger partial charge is 0.136 e. The molecule has 1 unspecified atom stereocenters. The Morgan fingerprint density at radius 3 is 2.43 bits per heavy atom. The third-order valence-corrected chi connectivity index (χ3v) is 4.30. The minimum atomic E-state index is -0.241. The predicted octanol–water partition coefficient (Wildman–Crippen LogP) is 4.80. The minimum Gasteiger partial charge on any atom is -0.309 e. The van der Waals surface area contributed by atoms with E-state index in [1.54, 1.807) is 24.3 Å². The second-order valence-electron chi connectivity index (χ2n) is 4.80. The Morgan fingerprint density at radius 1 is 1.05 bits per heavy atom. The molecule has 0 bridgehead atoms. The molecule has 0 spiro atoms. The summed E-state index contributed by atoms with van der Waals surface area (Å²) in [4.78, 5) is 0.642. The van der Waals surface area contributed by atoms with E-state index in [-0.39, 0.29) is 17.7 Å². The molecule has 0 radical (unpaired) electrons. The third kappa shape index (κ3) is 4.83. The minimum absolute atomic E-state index is 0.0788. The number of thioether (sulfide) groups is 1. The van der Waals surface area contributed by atoms with Gasteiger partial charge in [0.1, 0.15) is 11.6 Å². The number of nitrogens with one attached hydrogen (secondary N) is 1. The Bertz CT molecular complexity index is 557. The number of rotatable bonds is 7. The SMILES string of the molecule is CCCNC(CSc1ccccc1F)c1ccc(F)cc1. The summed E-state index contributed by atoms with van der Waals surface area (Å²) in [6.45, 7) is 2.97. The monoisotopic (exact) mass is 307 g/mol. The van der Waals surface area contributed by atoms with Gasteiger partial charge in [0.25, 0.3) is 0 Å². The summed E-state index contributed by atoms with van der Waals surface area (Å²) in [5, 5.41) is 3.43. The van der Waals surface area contributed by atoms with Gasteiger partial charge in [0, 0.05) is 16.7 Å². The predicted molar refractivity (Wildman–Crippen MR) is 84.6 cm³/mol. The van der Waals surface area contributed by atoms with Crippen LogP contribution in [0.4, 0.5) is 8.78 Å². The summed E-state index contributed by atoms with van der Waals surface area (Å²) in [7, 11) is 0. The molecular formula is C17H19F2NS. The van der Waals surface area contributed by atoms with Gasteiger partial charge in [-0.1, -0.05) is 31.2 Å². The van der Waals surface area contributed by atoms with Gasteiger partial charge in [-0.15, -0.1) is 11.8 Å². The van der Waals surface area contributed by atoms with Crippen molar-refractivity contribution < 1.29 is 8.78 Å². The van der Waals surface area contributed by atoms with Crippen LogP contribution in [0, 0.1) is 11.6 Å². The Kier molecular flexibility index (Phi) is 6.21. The van der Waals surface area contributed by atoms with Crippen molar-refractivity contribution in [2.75, 3.05) is 12.3 Å². The van der Waals surface area contributed by atoms with Gasteiger partial charge in [-0.2, -0.15) is 0 Å². The van der Waals surface area contributed by atoms with E-state index in [4.69, 9.17) is 0 Å². The van der Waals surface area contributed by atoms with Crippen LogP contribution in [-0.4, -0.2) is 12.3 Å². The molecule has 0 aliphatic rings. The lowest BCUT2D eigenvalue weighted by molar-refractivity contribution is 0.572. The highest BCUT2D eigenvalue weighted by Gasteiger charge is 2.12. The first-order chi connectivity index (χ1) is 10.2. The molecule has 1 N–H and O–H groups in total. The van der Waals surface area contributed by atoms with Crippen LogP contribution in [0.5, 0.6) is 0 Å². The van der Waals surface area contributed by atoms with E-state index in [1.807, 2.05) is 6.07 Å². The van der Waals surface area contributed by atoms with Crippen LogP contribution in [0.1, 0.15) is 24.9 Å². The van der Waals surface area contributed by atoms with Crippen LogP contribution >= 0.6 is 11.8 Å². The van der Waals surface area contributed by atoms with Crippen molar-refractivity contribution >= 4 is 11.8 Å². The number of halogens is 2. The lowest BCUT2D eigenvalue weighted by atomic mass is 10.1. The third-order valence-electron chi connectivity index (χ3n) is 3.16. The molecule has 0 saturated carbocycles. The van der Waals surface area contributed by atoms with E-state index in [0.29, 0.717) is 10.6 Å². The summed E-state index contributed by atoms with van der Waals surface area (Å²) in [6, 6.07) is 13.3. The maximum Gasteiger partial charge on any atom is 0.136 e. The topological polar surface area (TPSA) is 12.0 Å². The van der Waals surface area contributed by atoms with Crippen LogP contribution < -0.4 is 5.32 Å². The quantitative estimate of drug-likeness (QED) is 0.738. The Hall–Kier alpha value is -1.39. The number of hydrogen-bond acceptors (Lipinski definition) is 2. The van der Waals surface area contributed by atoms with Gasteiger partial charge in [-0.3, -0.25) is 0 Å². The van der Waals surface area contributed by atoms with Gasteiger partial charge in [0.05, 0.1) is 0 Å². The second-order valence-corrected chi connectivity index (χ2v) is 5.86. The highest BCUT2D eigenvalue weighted by molar-refractivity contribution is 7.99. The average molecular weight is 307 g/mol. The molecule has 112 valence electrons. The van der Waals surface area contributed by atoms with E-state index < -0.39 is 0 Å². The molecule has 2 aromatic rings. The van der Waals surface area contributed by atoms with Crippen LogP contribution in [0.25, 0.3) is 0 Å². The Labute approximate surface area is 128 Å². The van der Waals surface area contributed by atoms with Crippen molar-refractivity contribution in [1.29, 1.82) is 0 Å². The molecule has 21 heavy (non-hydrogen) atoms. The van der Waals surface area contributed by atoms with E-state index in [0.717, 1.165) is 18.5 Å². The van der Waals surface area contributed by atoms with Crippen molar-refractivity contribution in [1.82, 2.24) is 5.32 Å². The van der Waals surface area contributed by atoms with E-state index in [2.05, 4.69) is 12.2 Å². The van der Waals surface area contributed by atoms with E-state index in [9.17, 15) is 8.78 Å². The van der Waals surface area contributed by atoms with Gasteiger partial charge >= 0.3 is 0 Å². The fraction of sp³-hybridized carbons (Fsp3) is 0.294. The van der Waals surface area contributed by atoms with Gasteiger partial charge in [0.2, 0.25) is 0 Å². The van der Waals surface area contributed by atoms with Gasteiger partial charge in [-0.05, 0) is 42.8 Å². The normalized spacial score (nSPS) is 12.3. The Morgan fingerprint density at radius 2 is 1.76 bits per heavy atom. The molecule has 0 aliphatic heterocycles. The molecule has 0 aromatic heterocycles. The zero-order valence-electron chi connectivity index (χ0n) is 12.0. The molecule has 2 rings (SSSR count). The first-order valence-electron chi connectivity index (χ1n) is 7.07. The number of benzene rings is 2. The van der Waals surface area contributed by atoms with Gasteiger partial charge in [-0.25, -0.2) is 8.78 Å². The molecule has 0 saturated heterocycles. The van der Waals surface area contributed by atoms with Crippen LogP contribution in [-0.2, 0) is 0 Å². The standard InChI is InChI=1S/C17H19F2NS/c1-2-11-20-16(13-7-9-14(18)10-8-13)12-21-17-6-4-3-5-15(17)19/h3-10,16,20H,2,11-12H2,1H3. The zero-order valence-corrected chi connectivity index (χ0v) is 12.8. The lowest BCUT2D eigenvalue weighted by Crippen LogP contribution is -2.24. The van der Waals surface area contributed by atoms with Crippen molar-refractivity contribution in [3.8, 4) is 0 Å². The molecule has 1 nitrogen and oxygen atoms in total. The summed E-state index contributed by atoms with van der Waals surface area (Å²) >= 11 is 1.47. The first-order valence-corrected chi connectivity index (χ1v) is 8.05. The summed E-state index contributed by atoms with van der Waals surface area (Å²) in [6.07, 6.45) is 1.02. The van der Waals surface area contributed by atoms with E-state index in [1.165, 1.54) is 30.0 Å². The van der Waals surface area contributed by atoms with E-state index >= 15 is 0 Å². The van der Waals surface area contributed by atoms with Gasteiger partial charge in [0.15, 0.2) is 0 Å². The molecule has 4 heteroatoms. The maximum absolute atomic E-state index is 13.7. The summed E-state index contributed by atoms with van der Waals surface area (Å²) in [5.41, 5.74) is 1.02. The molecule has 0 fully saturated rings. The largest absolute Gasteiger partial charge is 0.309 e. The van der Waals surface area contributed by atoms with Crippen molar-refractivity contribution in [2.45, 2.75) is 24.3 Å². The average Bonchev–Trinajstić information content (AvgIpc) is 2.50. The zero-order chi connectivity index (χ0) is 15.1. The Balaban J connectivity index is 2.06. The van der Waals surface area contributed by atoms with Crippen LogP contribution in [0.15, 0.2) is 53.4 Å². The fourth-order valence-electron chi connectivity index (χ4n) is 2.02. The fourth-order valence-corrected chi connectivity index (χ4v) is 3.06. The first kappa shape index (κ1) is 16.0. The maximum atomic E-state index is 13.7. The van der Waals surface area contributed by atoms with Crippen LogP contribution in [0.2, 0.25) is 0 Å².